The summed E-state index contributed by atoms with van der Waals surface area (Å²) in [6, 6.07) is 0. The summed E-state index contributed by atoms with van der Waals surface area (Å²) < 4.78 is 10.6. The molecule has 0 heterocycles. The van der Waals surface area contributed by atoms with Gasteiger partial charge in [0.1, 0.15) is 5.78 Å². The zero-order valence-electron chi connectivity index (χ0n) is 11.8. The number of carbonyl (C=O) groups is 2. The number of ketones is 2. The van der Waals surface area contributed by atoms with Gasteiger partial charge in [-0.3, -0.25) is 9.59 Å². The van der Waals surface area contributed by atoms with Gasteiger partial charge in [-0.05, 0) is 32.1 Å². The Morgan fingerprint density at radius 2 is 1.89 bits per heavy atom. The van der Waals surface area contributed by atoms with Crippen LogP contribution in [-0.4, -0.2) is 31.1 Å². The zero-order valence-corrected chi connectivity index (χ0v) is 11.8. The van der Waals surface area contributed by atoms with Crippen LogP contribution in [0.15, 0.2) is 0 Å². The van der Waals surface area contributed by atoms with Gasteiger partial charge in [0.25, 0.3) is 0 Å². The van der Waals surface area contributed by atoms with Crippen LogP contribution in [0.5, 0.6) is 0 Å². The first-order valence-corrected chi connectivity index (χ1v) is 6.71. The molecule has 4 nitrogen and oxygen atoms in total. The molecule has 1 atom stereocenters. The first kappa shape index (κ1) is 15.3. The summed E-state index contributed by atoms with van der Waals surface area (Å²) in [5.74, 6) is -0.739. The Labute approximate surface area is 109 Å². The van der Waals surface area contributed by atoms with Gasteiger partial charge in [0, 0.05) is 19.6 Å². The molecule has 0 spiro atoms. The average Bonchev–Trinajstić information content (AvgIpc) is 2.31. The number of hydrogen-bond acceptors (Lipinski definition) is 4. The topological polar surface area (TPSA) is 52.6 Å². The Balaban J connectivity index is 2.75. The maximum absolute atomic E-state index is 12.3. The second kappa shape index (κ2) is 6.43. The molecule has 0 saturated heterocycles. The van der Waals surface area contributed by atoms with Gasteiger partial charge < -0.3 is 9.47 Å². The van der Waals surface area contributed by atoms with E-state index in [1.807, 2.05) is 13.8 Å². The fraction of sp³-hybridized carbons (Fsp3) is 0.857. The quantitative estimate of drug-likeness (QED) is 0.540. The molecule has 0 bridgehead atoms. The Morgan fingerprint density at radius 1 is 1.33 bits per heavy atom. The highest BCUT2D eigenvalue weighted by atomic mass is 16.7. The van der Waals surface area contributed by atoms with Crippen molar-refractivity contribution in [2.45, 2.75) is 53.2 Å². The SMILES string of the molecule is CCOC(OCC)C(=O)C1CC(C)(C)CCC1=O. The molecule has 0 aliphatic heterocycles. The van der Waals surface area contributed by atoms with E-state index >= 15 is 0 Å². The van der Waals surface area contributed by atoms with Crippen molar-refractivity contribution in [3.8, 4) is 0 Å². The summed E-state index contributed by atoms with van der Waals surface area (Å²) in [6.45, 7) is 8.62. The van der Waals surface area contributed by atoms with Gasteiger partial charge in [0.15, 0.2) is 5.78 Å². The average molecular weight is 256 g/mol. The first-order valence-electron chi connectivity index (χ1n) is 6.71. The summed E-state index contributed by atoms with van der Waals surface area (Å²) in [7, 11) is 0. The van der Waals surface area contributed by atoms with E-state index in [9.17, 15) is 9.59 Å². The molecule has 0 aromatic carbocycles. The summed E-state index contributed by atoms with van der Waals surface area (Å²) in [5, 5.41) is 0. The van der Waals surface area contributed by atoms with Gasteiger partial charge in [-0.15, -0.1) is 0 Å². The molecule has 0 radical (unpaired) electrons. The molecule has 1 aliphatic rings. The maximum Gasteiger partial charge on any atom is 0.218 e. The molecule has 1 saturated carbocycles. The molecule has 4 heteroatoms. The van der Waals surface area contributed by atoms with Gasteiger partial charge in [-0.25, -0.2) is 0 Å². The van der Waals surface area contributed by atoms with Crippen molar-refractivity contribution in [2.24, 2.45) is 11.3 Å². The summed E-state index contributed by atoms with van der Waals surface area (Å²) >= 11 is 0. The predicted molar refractivity (Wildman–Crippen MR) is 68.2 cm³/mol. The molecule has 1 fully saturated rings. The van der Waals surface area contributed by atoms with E-state index in [1.165, 1.54) is 0 Å². The molecule has 0 aromatic heterocycles. The molecule has 104 valence electrons. The fourth-order valence-electron chi connectivity index (χ4n) is 2.34. The minimum absolute atomic E-state index is 0.0312. The second-order valence-electron chi connectivity index (χ2n) is 5.53. The van der Waals surface area contributed by atoms with Gasteiger partial charge >= 0.3 is 0 Å². The standard InChI is InChI=1S/C14H24O4/c1-5-17-13(18-6-2)12(16)10-9-14(3,4)8-7-11(10)15/h10,13H,5-9H2,1-4H3. The van der Waals surface area contributed by atoms with Crippen LogP contribution in [0.4, 0.5) is 0 Å². The smallest absolute Gasteiger partial charge is 0.218 e. The van der Waals surface area contributed by atoms with E-state index in [2.05, 4.69) is 13.8 Å². The highest BCUT2D eigenvalue weighted by molar-refractivity contribution is 6.04. The van der Waals surface area contributed by atoms with Gasteiger partial charge in [-0.1, -0.05) is 13.8 Å². The molecule has 1 rings (SSSR count). The van der Waals surface area contributed by atoms with Crippen LogP contribution in [0.3, 0.4) is 0 Å². The number of rotatable bonds is 6. The molecule has 1 unspecified atom stereocenters. The van der Waals surface area contributed by atoms with E-state index in [1.54, 1.807) is 0 Å². The van der Waals surface area contributed by atoms with Crippen molar-refractivity contribution in [2.75, 3.05) is 13.2 Å². The third kappa shape index (κ3) is 3.89. The van der Waals surface area contributed by atoms with E-state index < -0.39 is 12.2 Å². The van der Waals surface area contributed by atoms with Crippen molar-refractivity contribution in [3.05, 3.63) is 0 Å². The van der Waals surface area contributed by atoms with Crippen LogP contribution in [0, 0.1) is 11.3 Å². The molecular formula is C14H24O4. The molecular weight excluding hydrogens is 232 g/mol. The fourth-order valence-corrected chi connectivity index (χ4v) is 2.34. The maximum atomic E-state index is 12.3. The van der Waals surface area contributed by atoms with Crippen molar-refractivity contribution in [1.82, 2.24) is 0 Å². The lowest BCUT2D eigenvalue weighted by Gasteiger charge is -2.34. The lowest BCUT2D eigenvalue weighted by molar-refractivity contribution is -0.174. The monoisotopic (exact) mass is 256 g/mol. The normalized spacial score (nSPS) is 23.4. The van der Waals surface area contributed by atoms with Crippen LogP contribution in [0.2, 0.25) is 0 Å². The minimum atomic E-state index is -0.886. The van der Waals surface area contributed by atoms with Crippen LogP contribution in [-0.2, 0) is 19.1 Å². The zero-order chi connectivity index (χ0) is 13.8. The number of hydrogen-bond donors (Lipinski definition) is 0. The van der Waals surface area contributed by atoms with E-state index in [4.69, 9.17) is 9.47 Å². The summed E-state index contributed by atoms with van der Waals surface area (Å²) in [6.07, 6.45) is 1.04. The largest absolute Gasteiger partial charge is 0.346 e. The summed E-state index contributed by atoms with van der Waals surface area (Å²) in [5.41, 5.74) is 0.0389. The van der Waals surface area contributed by atoms with Crippen molar-refractivity contribution < 1.29 is 19.1 Å². The Morgan fingerprint density at radius 3 is 2.39 bits per heavy atom. The highest BCUT2D eigenvalue weighted by Crippen LogP contribution is 2.37. The Hall–Kier alpha value is -0.740. The van der Waals surface area contributed by atoms with Crippen LogP contribution in [0.25, 0.3) is 0 Å². The lowest BCUT2D eigenvalue weighted by atomic mass is 9.70. The molecule has 0 N–H and O–H groups in total. The van der Waals surface area contributed by atoms with Crippen LogP contribution in [0.1, 0.15) is 47.0 Å². The van der Waals surface area contributed by atoms with Crippen molar-refractivity contribution >= 4 is 11.6 Å². The summed E-state index contributed by atoms with van der Waals surface area (Å²) in [4.78, 5) is 24.2. The van der Waals surface area contributed by atoms with Crippen molar-refractivity contribution in [3.63, 3.8) is 0 Å². The highest BCUT2D eigenvalue weighted by Gasteiger charge is 2.40. The van der Waals surface area contributed by atoms with E-state index in [0.29, 0.717) is 26.1 Å². The van der Waals surface area contributed by atoms with Crippen LogP contribution >= 0.6 is 0 Å². The third-order valence-corrected chi connectivity index (χ3v) is 3.41. The van der Waals surface area contributed by atoms with Crippen LogP contribution < -0.4 is 0 Å². The third-order valence-electron chi connectivity index (χ3n) is 3.41. The molecule has 18 heavy (non-hydrogen) atoms. The van der Waals surface area contributed by atoms with Crippen molar-refractivity contribution in [1.29, 1.82) is 0 Å². The first-order chi connectivity index (χ1) is 8.41. The second-order valence-corrected chi connectivity index (χ2v) is 5.53. The molecule has 1 aliphatic carbocycles. The Kier molecular flexibility index (Phi) is 5.47. The van der Waals surface area contributed by atoms with Gasteiger partial charge in [0.05, 0.1) is 5.92 Å². The van der Waals surface area contributed by atoms with E-state index in [0.717, 1.165) is 6.42 Å². The van der Waals surface area contributed by atoms with Gasteiger partial charge in [-0.2, -0.15) is 0 Å². The number of ether oxygens (including phenoxy) is 2. The Bertz CT molecular complexity index is 303. The number of carbonyl (C=O) groups excluding carboxylic acids is 2. The molecule has 0 amide bonds. The molecule has 0 aromatic rings. The minimum Gasteiger partial charge on any atom is -0.346 e. The lowest BCUT2D eigenvalue weighted by Crippen LogP contribution is -2.41. The van der Waals surface area contributed by atoms with Gasteiger partial charge in [0.2, 0.25) is 6.29 Å². The predicted octanol–water partition coefficient (Wildman–Crippen LogP) is 2.35. The number of Topliss-reactive ketones (excluding diaryl/α,β-unsaturated/α-hetero) is 2. The van der Waals surface area contributed by atoms with E-state index in [-0.39, 0.29) is 17.0 Å².